The summed E-state index contributed by atoms with van der Waals surface area (Å²) in [4.78, 5) is 27.7. The van der Waals surface area contributed by atoms with E-state index in [0.29, 0.717) is 13.2 Å². The summed E-state index contributed by atoms with van der Waals surface area (Å²) in [6.07, 6.45) is 2.29. The molecule has 2 aliphatic heterocycles. The van der Waals surface area contributed by atoms with E-state index in [1.54, 1.807) is 0 Å². The molecule has 0 unspecified atom stereocenters. The maximum Gasteiger partial charge on any atom is 0.331 e. The second-order valence-corrected chi connectivity index (χ2v) is 8.03. The molecule has 0 radical (unpaired) electrons. The van der Waals surface area contributed by atoms with Gasteiger partial charge in [-0.1, -0.05) is 0 Å². The standard InChI is InChI=1S/C16H26N2O4S2.ClH/c19-15(21-9-3-17-5-11-23-12-6-17)1-2-16(20)22-10-4-18-7-13-24-14-8-18;/h1-2H,3-14H2;1H/b2-1+;. The third-order valence-electron chi connectivity index (χ3n) is 3.87. The summed E-state index contributed by atoms with van der Waals surface area (Å²) < 4.78 is 10.2. The lowest BCUT2D eigenvalue weighted by Crippen LogP contribution is -2.35. The molecule has 0 aromatic rings. The summed E-state index contributed by atoms with van der Waals surface area (Å²) in [6, 6.07) is 0. The average Bonchev–Trinajstić information content (AvgIpc) is 2.62. The third kappa shape index (κ3) is 10.4. The fourth-order valence-electron chi connectivity index (χ4n) is 2.43. The predicted molar refractivity (Wildman–Crippen MR) is 106 cm³/mol. The molecular formula is C16H27ClN2O4S2. The van der Waals surface area contributed by atoms with Gasteiger partial charge in [0.05, 0.1) is 0 Å². The quantitative estimate of drug-likeness (QED) is 0.436. The van der Waals surface area contributed by atoms with Crippen molar-refractivity contribution in [1.82, 2.24) is 9.80 Å². The van der Waals surface area contributed by atoms with Crippen molar-refractivity contribution in [3.05, 3.63) is 12.2 Å². The van der Waals surface area contributed by atoms with Crippen molar-refractivity contribution in [2.24, 2.45) is 0 Å². The number of ether oxygens (including phenoxy) is 2. The molecule has 0 amide bonds. The van der Waals surface area contributed by atoms with E-state index in [2.05, 4.69) is 9.80 Å². The number of nitrogens with zero attached hydrogens (tertiary/aromatic N) is 2. The van der Waals surface area contributed by atoms with Crippen LogP contribution in [0.2, 0.25) is 0 Å². The molecule has 0 atom stereocenters. The van der Waals surface area contributed by atoms with Crippen LogP contribution in [0, 0.1) is 0 Å². The average molecular weight is 411 g/mol. The molecule has 25 heavy (non-hydrogen) atoms. The topological polar surface area (TPSA) is 59.1 Å². The molecule has 0 N–H and O–H groups in total. The highest BCUT2D eigenvalue weighted by Crippen LogP contribution is 2.09. The highest BCUT2D eigenvalue weighted by Gasteiger charge is 2.11. The largest absolute Gasteiger partial charge is 0.461 e. The van der Waals surface area contributed by atoms with Crippen LogP contribution >= 0.6 is 35.9 Å². The first-order chi connectivity index (χ1) is 11.7. The van der Waals surface area contributed by atoms with Gasteiger partial charge in [-0.15, -0.1) is 12.4 Å². The van der Waals surface area contributed by atoms with Gasteiger partial charge < -0.3 is 9.47 Å². The van der Waals surface area contributed by atoms with Crippen LogP contribution in [0.1, 0.15) is 0 Å². The predicted octanol–water partition coefficient (Wildman–Crippen LogP) is 1.15. The smallest absolute Gasteiger partial charge is 0.331 e. The second kappa shape index (κ2) is 13.7. The molecular weight excluding hydrogens is 384 g/mol. The van der Waals surface area contributed by atoms with E-state index in [4.69, 9.17) is 9.47 Å². The van der Waals surface area contributed by atoms with Gasteiger partial charge in [0.15, 0.2) is 0 Å². The Balaban J connectivity index is 0.00000312. The molecule has 2 heterocycles. The molecule has 0 saturated carbocycles. The van der Waals surface area contributed by atoms with E-state index >= 15 is 0 Å². The van der Waals surface area contributed by atoms with E-state index in [1.165, 1.54) is 0 Å². The van der Waals surface area contributed by atoms with Crippen molar-refractivity contribution in [1.29, 1.82) is 0 Å². The Morgan fingerprint density at radius 1 is 0.760 bits per heavy atom. The van der Waals surface area contributed by atoms with E-state index in [0.717, 1.165) is 74.4 Å². The number of hydrogen-bond acceptors (Lipinski definition) is 8. The third-order valence-corrected chi connectivity index (χ3v) is 5.75. The molecule has 2 rings (SSSR count). The first kappa shape index (κ1) is 22.6. The molecule has 6 nitrogen and oxygen atoms in total. The Morgan fingerprint density at radius 3 is 1.48 bits per heavy atom. The van der Waals surface area contributed by atoms with Crippen LogP contribution in [0.25, 0.3) is 0 Å². The molecule has 0 aromatic carbocycles. The maximum atomic E-state index is 11.6. The Kier molecular flexibility index (Phi) is 12.4. The number of hydrogen-bond donors (Lipinski definition) is 0. The second-order valence-electron chi connectivity index (χ2n) is 5.58. The Labute approximate surface area is 164 Å². The molecule has 2 saturated heterocycles. The Morgan fingerprint density at radius 2 is 1.12 bits per heavy atom. The van der Waals surface area contributed by atoms with Crippen LogP contribution in [0.5, 0.6) is 0 Å². The minimum absolute atomic E-state index is 0. The summed E-state index contributed by atoms with van der Waals surface area (Å²) in [6.45, 7) is 6.38. The summed E-state index contributed by atoms with van der Waals surface area (Å²) in [5.41, 5.74) is 0. The SMILES string of the molecule is Cl.O=C(/C=C/C(=O)OCCN1CCSCC1)OCCN1CCSCC1. The van der Waals surface area contributed by atoms with Crippen LogP contribution in [0.4, 0.5) is 0 Å². The lowest BCUT2D eigenvalue weighted by molar-refractivity contribution is -0.140. The zero-order chi connectivity index (χ0) is 17.0. The molecule has 2 aliphatic rings. The van der Waals surface area contributed by atoms with Crippen LogP contribution in [0.15, 0.2) is 12.2 Å². The first-order valence-corrected chi connectivity index (χ1v) is 10.7. The number of rotatable bonds is 8. The minimum Gasteiger partial charge on any atom is -0.461 e. The van der Waals surface area contributed by atoms with Gasteiger partial charge in [-0.3, -0.25) is 9.80 Å². The van der Waals surface area contributed by atoms with Crippen LogP contribution in [-0.2, 0) is 19.1 Å². The Bertz CT molecular complexity index is 390. The highest BCUT2D eigenvalue weighted by molar-refractivity contribution is 7.99. The molecule has 9 heteroatoms. The Hall–Kier alpha value is -0.410. The van der Waals surface area contributed by atoms with E-state index in [9.17, 15) is 9.59 Å². The van der Waals surface area contributed by atoms with Gasteiger partial charge in [-0.05, 0) is 0 Å². The number of thioether (sulfide) groups is 2. The van der Waals surface area contributed by atoms with Crippen molar-refractivity contribution in [3.63, 3.8) is 0 Å². The zero-order valence-corrected chi connectivity index (χ0v) is 16.8. The van der Waals surface area contributed by atoms with Crippen molar-refractivity contribution < 1.29 is 19.1 Å². The van der Waals surface area contributed by atoms with Gasteiger partial charge in [0.1, 0.15) is 13.2 Å². The molecule has 0 bridgehead atoms. The van der Waals surface area contributed by atoms with Gasteiger partial charge in [0, 0.05) is 74.4 Å². The zero-order valence-electron chi connectivity index (χ0n) is 14.4. The maximum absolute atomic E-state index is 11.6. The highest BCUT2D eigenvalue weighted by atomic mass is 35.5. The number of carbonyl (C=O) groups is 2. The van der Waals surface area contributed by atoms with Crippen molar-refractivity contribution in [2.75, 3.05) is 75.5 Å². The normalized spacial score (nSPS) is 19.4. The van der Waals surface area contributed by atoms with E-state index in [-0.39, 0.29) is 12.4 Å². The minimum atomic E-state index is -0.494. The lowest BCUT2D eigenvalue weighted by atomic mass is 10.4. The molecule has 0 aliphatic carbocycles. The fourth-order valence-corrected chi connectivity index (χ4v) is 4.39. The summed E-state index contributed by atoms with van der Waals surface area (Å²) in [5, 5.41) is 0. The van der Waals surface area contributed by atoms with Gasteiger partial charge in [-0.2, -0.15) is 23.5 Å². The summed E-state index contributed by atoms with van der Waals surface area (Å²) in [7, 11) is 0. The van der Waals surface area contributed by atoms with Crippen molar-refractivity contribution >= 4 is 47.9 Å². The fraction of sp³-hybridized carbons (Fsp3) is 0.750. The van der Waals surface area contributed by atoms with Gasteiger partial charge in [0.2, 0.25) is 0 Å². The van der Waals surface area contributed by atoms with Gasteiger partial charge in [0.25, 0.3) is 0 Å². The monoisotopic (exact) mass is 410 g/mol. The number of carbonyl (C=O) groups excluding carboxylic acids is 2. The lowest BCUT2D eigenvalue weighted by Gasteiger charge is -2.25. The molecule has 0 spiro atoms. The van der Waals surface area contributed by atoms with E-state index < -0.39 is 11.9 Å². The summed E-state index contributed by atoms with van der Waals surface area (Å²) in [5.74, 6) is 3.55. The van der Waals surface area contributed by atoms with Crippen LogP contribution in [-0.4, -0.2) is 97.2 Å². The number of esters is 2. The van der Waals surface area contributed by atoms with E-state index in [1.807, 2.05) is 23.5 Å². The number of halogens is 1. The van der Waals surface area contributed by atoms with Crippen molar-refractivity contribution in [3.8, 4) is 0 Å². The first-order valence-electron chi connectivity index (χ1n) is 8.36. The van der Waals surface area contributed by atoms with Gasteiger partial charge in [-0.25, -0.2) is 9.59 Å². The molecule has 144 valence electrons. The van der Waals surface area contributed by atoms with Crippen LogP contribution in [0.3, 0.4) is 0 Å². The van der Waals surface area contributed by atoms with Gasteiger partial charge >= 0.3 is 11.9 Å². The van der Waals surface area contributed by atoms with Crippen LogP contribution < -0.4 is 0 Å². The van der Waals surface area contributed by atoms with Crippen molar-refractivity contribution in [2.45, 2.75) is 0 Å². The summed E-state index contributed by atoms with van der Waals surface area (Å²) >= 11 is 3.90. The molecule has 2 fully saturated rings. The molecule has 0 aromatic heterocycles.